The summed E-state index contributed by atoms with van der Waals surface area (Å²) in [6.45, 7) is 10.9. The fourth-order valence-electron chi connectivity index (χ4n) is 5.26. The maximum atomic E-state index is 12.7. The van der Waals surface area contributed by atoms with Crippen LogP contribution in [0.1, 0.15) is 71.1 Å². The lowest BCUT2D eigenvalue weighted by atomic mass is 9.75. The normalized spacial score (nSPS) is 15.7. The third kappa shape index (κ3) is 9.74. The van der Waals surface area contributed by atoms with Gasteiger partial charge >= 0.3 is 0 Å². The Bertz CT molecular complexity index is 1040. The first-order valence-electron chi connectivity index (χ1n) is 13.9. The van der Waals surface area contributed by atoms with Crippen LogP contribution in [0.2, 0.25) is 0 Å². The van der Waals surface area contributed by atoms with Crippen molar-refractivity contribution in [2.75, 3.05) is 26.9 Å². The number of nitrogens with one attached hydrogen (secondary N) is 2. The standard InChI is InChI=1S/C28H47N5O6/c1-17(2)21(19(5)20-9-10-26-23(14-20)25(31-32-26)8-7-12-38-6)15-24(29)27(34)16-22(18(3)4)28(35)30-11-13-39-33(36)37/h9-10,14,17-19,21-22,24,27,34H,7-8,11-13,15-16,29H2,1-6H3,(H,30,35)(H,31,32)/t19?,21-,22-,24-,27-/m0/s1. The van der Waals surface area contributed by atoms with Crippen molar-refractivity contribution in [3.05, 3.63) is 39.6 Å². The van der Waals surface area contributed by atoms with E-state index >= 15 is 0 Å². The number of nitrogens with zero attached hydrogens (tertiary/aromatic N) is 2. The van der Waals surface area contributed by atoms with E-state index in [-0.39, 0.29) is 43.2 Å². The van der Waals surface area contributed by atoms with Crippen LogP contribution in [-0.4, -0.2) is 65.3 Å². The van der Waals surface area contributed by atoms with Crippen LogP contribution >= 0.6 is 0 Å². The number of aryl methyl sites for hydroxylation is 1. The fourth-order valence-corrected chi connectivity index (χ4v) is 5.26. The monoisotopic (exact) mass is 549 g/mol. The molecule has 0 radical (unpaired) electrons. The van der Waals surface area contributed by atoms with Crippen LogP contribution in [0.3, 0.4) is 0 Å². The molecular formula is C28H47N5O6. The molecule has 1 aromatic carbocycles. The zero-order valence-electron chi connectivity index (χ0n) is 24.2. The Morgan fingerprint density at radius 1 is 1.18 bits per heavy atom. The third-order valence-corrected chi connectivity index (χ3v) is 7.73. The fraction of sp³-hybridized carbons (Fsp3) is 0.714. The molecule has 39 heavy (non-hydrogen) atoms. The van der Waals surface area contributed by atoms with Crippen molar-refractivity contribution in [1.82, 2.24) is 15.5 Å². The van der Waals surface area contributed by atoms with Gasteiger partial charge in [-0.2, -0.15) is 5.10 Å². The minimum Gasteiger partial charge on any atom is -0.391 e. The molecule has 0 aliphatic rings. The van der Waals surface area contributed by atoms with E-state index in [1.165, 1.54) is 5.56 Å². The molecule has 0 aliphatic carbocycles. The number of carbonyl (C=O) groups excluding carboxylic acids is 1. The molecule has 1 heterocycles. The molecule has 0 fully saturated rings. The summed E-state index contributed by atoms with van der Waals surface area (Å²) >= 11 is 0. The maximum absolute atomic E-state index is 12.7. The summed E-state index contributed by atoms with van der Waals surface area (Å²) in [4.78, 5) is 27.3. The quantitative estimate of drug-likeness (QED) is 0.124. The van der Waals surface area contributed by atoms with Crippen molar-refractivity contribution in [1.29, 1.82) is 0 Å². The zero-order chi connectivity index (χ0) is 29.1. The van der Waals surface area contributed by atoms with Gasteiger partial charge in [-0.3, -0.25) is 9.89 Å². The van der Waals surface area contributed by atoms with Crippen LogP contribution in [0, 0.1) is 33.8 Å². The van der Waals surface area contributed by atoms with E-state index < -0.39 is 23.2 Å². The second-order valence-corrected chi connectivity index (χ2v) is 11.2. The lowest BCUT2D eigenvalue weighted by Gasteiger charge is -2.33. The summed E-state index contributed by atoms with van der Waals surface area (Å²) < 4.78 is 5.19. The number of nitrogens with two attached hydrogens (primary N) is 1. The molecule has 220 valence electrons. The average molecular weight is 550 g/mol. The van der Waals surface area contributed by atoms with Gasteiger partial charge in [0.2, 0.25) is 5.91 Å². The molecule has 0 spiro atoms. The third-order valence-electron chi connectivity index (χ3n) is 7.73. The summed E-state index contributed by atoms with van der Waals surface area (Å²) in [7, 11) is 1.70. The second kappa shape index (κ2) is 15.7. The molecule has 1 aromatic heterocycles. The highest BCUT2D eigenvalue weighted by Gasteiger charge is 2.31. The van der Waals surface area contributed by atoms with E-state index in [0.29, 0.717) is 18.9 Å². The number of aliphatic hydroxyl groups excluding tert-OH is 1. The summed E-state index contributed by atoms with van der Waals surface area (Å²) in [5.41, 5.74) is 9.78. The Kier molecular flexibility index (Phi) is 13.1. The molecule has 5 N–H and O–H groups in total. The van der Waals surface area contributed by atoms with Crippen LogP contribution in [-0.2, 0) is 20.8 Å². The lowest BCUT2D eigenvalue weighted by molar-refractivity contribution is -0.757. The highest BCUT2D eigenvalue weighted by molar-refractivity contribution is 5.82. The largest absolute Gasteiger partial charge is 0.391 e. The van der Waals surface area contributed by atoms with Crippen molar-refractivity contribution >= 4 is 16.8 Å². The molecule has 0 saturated heterocycles. The molecule has 0 bridgehead atoms. The minimum absolute atomic E-state index is 0.0211. The van der Waals surface area contributed by atoms with Crippen LogP contribution in [0.5, 0.6) is 0 Å². The number of aliphatic hydroxyl groups is 1. The predicted octanol–water partition coefficient (Wildman–Crippen LogP) is 3.58. The van der Waals surface area contributed by atoms with Gasteiger partial charge in [0.15, 0.2) is 0 Å². The molecule has 2 aromatic rings. The summed E-state index contributed by atoms with van der Waals surface area (Å²) in [5, 5.41) is 31.8. The van der Waals surface area contributed by atoms with Gasteiger partial charge in [0.1, 0.15) is 6.61 Å². The van der Waals surface area contributed by atoms with Crippen LogP contribution in [0.15, 0.2) is 18.2 Å². The number of ether oxygens (including phenoxy) is 1. The van der Waals surface area contributed by atoms with E-state index in [2.05, 4.69) is 53.3 Å². The number of hydrogen-bond acceptors (Lipinski definition) is 8. The van der Waals surface area contributed by atoms with Gasteiger partial charge in [-0.05, 0) is 67.1 Å². The molecule has 11 nitrogen and oxygen atoms in total. The molecule has 0 saturated carbocycles. The Morgan fingerprint density at radius 2 is 1.90 bits per heavy atom. The molecule has 0 aliphatic heterocycles. The number of H-pyrrole nitrogens is 1. The van der Waals surface area contributed by atoms with Crippen LogP contribution < -0.4 is 11.1 Å². The lowest BCUT2D eigenvalue weighted by Crippen LogP contribution is -2.43. The van der Waals surface area contributed by atoms with Crippen molar-refractivity contribution in [2.45, 2.75) is 78.4 Å². The first-order chi connectivity index (χ1) is 18.5. The molecule has 1 amide bonds. The van der Waals surface area contributed by atoms with Crippen molar-refractivity contribution in [3.8, 4) is 0 Å². The number of carbonyl (C=O) groups is 1. The number of aromatic amines is 1. The van der Waals surface area contributed by atoms with Crippen molar-refractivity contribution in [3.63, 3.8) is 0 Å². The van der Waals surface area contributed by atoms with Crippen molar-refractivity contribution < 1.29 is 24.6 Å². The van der Waals surface area contributed by atoms with Gasteiger partial charge in [-0.25, -0.2) is 0 Å². The van der Waals surface area contributed by atoms with E-state index in [4.69, 9.17) is 10.5 Å². The topological polar surface area (TPSA) is 166 Å². The van der Waals surface area contributed by atoms with Gasteiger partial charge in [-0.15, -0.1) is 10.1 Å². The highest BCUT2D eigenvalue weighted by atomic mass is 16.9. The summed E-state index contributed by atoms with van der Waals surface area (Å²) in [5.74, 6) is -0.0573. The Balaban J connectivity index is 2.08. The van der Waals surface area contributed by atoms with Gasteiger partial charge in [0.05, 0.1) is 11.6 Å². The second-order valence-electron chi connectivity index (χ2n) is 11.2. The predicted molar refractivity (Wildman–Crippen MR) is 151 cm³/mol. The Labute approximate surface area is 231 Å². The van der Waals surface area contributed by atoms with E-state index in [1.807, 2.05) is 19.9 Å². The molecule has 11 heteroatoms. The van der Waals surface area contributed by atoms with Gasteiger partial charge < -0.3 is 25.7 Å². The molecular weight excluding hydrogens is 502 g/mol. The highest BCUT2D eigenvalue weighted by Crippen LogP contribution is 2.36. The number of fused-ring (bicyclic) bond motifs is 1. The van der Waals surface area contributed by atoms with Crippen LogP contribution in [0.4, 0.5) is 0 Å². The smallest absolute Gasteiger partial charge is 0.294 e. The number of rotatable bonds is 18. The molecule has 2 rings (SSSR count). The Hall–Kier alpha value is -2.76. The molecule has 5 atom stereocenters. The number of methoxy groups -OCH3 is 1. The average Bonchev–Trinajstić information content (AvgIpc) is 3.29. The van der Waals surface area contributed by atoms with Gasteiger partial charge in [0.25, 0.3) is 5.09 Å². The molecule has 1 unspecified atom stereocenters. The van der Waals surface area contributed by atoms with Crippen LogP contribution in [0.25, 0.3) is 10.9 Å². The first kappa shape index (κ1) is 32.5. The summed E-state index contributed by atoms with van der Waals surface area (Å²) in [6.07, 6.45) is 1.73. The Morgan fingerprint density at radius 3 is 2.51 bits per heavy atom. The van der Waals surface area contributed by atoms with Crippen molar-refractivity contribution in [2.24, 2.45) is 29.4 Å². The number of aromatic nitrogens is 2. The van der Waals surface area contributed by atoms with Gasteiger partial charge in [0, 0.05) is 43.3 Å². The summed E-state index contributed by atoms with van der Waals surface area (Å²) in [6, 6.07) is 5.87. The first-order valence-corrected chi connectivity index (χ1v) is 13.9. The number of amides is 1. The zero-order valence-corrected chi connectivity index (χ0v) is 24.2. The number of benzene rings is 1. The van der Waals surface area contributed by atoms with E-state index in [9.17, 15) is 20.0 Å². The van der Waals surface area contributed by atoms with E-state index in [0.717, 1.165) is 29.4 Å². The SMILES string of the molecule is COCCCc1[nH]nc2ccc(C(C)[C@@H](C[C@H](N)[C@@H](O)C[C@H](C(=O)NCCO[N+](=O)[O-])C(C)C)C(C)C)cc12. The maximum Gasteiger partial charge on any atom is 0.294 e. The van der Waals surface area contributed by atoms with Gasteiger partial charge in [-0.1, -0.05) is 40.7 Å². The minimum atomic E-state index is -0.893. The number of hydrogen-bond donors (Lipinski definition) is 4. The van der Waals surface area contributed by atoms with E-state index in [1.54, 1.807) is 7.11 Å².